The summed E-state index contributed by atoms with van der Waals surface area (Å²) in [5, 5.41) is 12.1. The number of hydrogen-bond donors (Lipinski definition) is 1. The van der Waals surface area contributed by atoms with Gasteiger partial charge in [-0.25, -0.2) is 4.39 Å². The quantitative estimate of drug-likeness (QED) is 0.511. The van der Waals surface area contributed by atoms with Gasteiger partial charge in [0.2, 0.25) is 0 Å². The molecule has 1 aliphatic rings. The Bertz CT molecular complexity index is 1490. The molecule has 0 aliphatic heterocycles. The van der Waals surface area contributed by atoms with Crippen molar-refractivity contribution in [2.24, 2.45) is 7.05 Å². The molecular weight excluding hydrogens is 419 g/mol. The van der Waals surface area contributed by atoms with Gasteiger partial charge >= 0.3 is 0 Å². The first-order chi connectivity index (χ1) is 15.8. The average molecular weight is 442 g/mol. The highest BCUT2D eigenvalue weighted by molar-refractivity contribution is 5.97. The van der Waals surface area contributed by atoms with Gasteiger partial charge in [-0.3, -0.25) is 9.59 Å². The summed E-state index contributed by atoms with van der Waals surface area (Å²) in [5.41, 5.74) is 4.96. The van der Waals surface area contributed by atoms with E-state index in [4.69, 9.17) is 0 Å². The topological polar surface area (TPSA) is 76.9 Å². The number of carbonyl (C=O) groups excluding carboxylic acids is 1. The zero-order chi connectivity index (χ0) is 23.3. The van der Waals surface area contributed by atoms with E-state index in [-0.39, 0.29) is 23.3 Å². The fourth-order valence-electron chi connectivity index (χ4n) is 4.17. The molecule has 4 aromatic rings. The van der Waals surface area contributed by atoms with Gasteiger partial charge in [0.1, 0.15) is 11.5 Å². The van der Waals surface area contributed by atoms with E-state index < -0.39 is 0 Å². The van der Waals surface area contributed by atoms with Crippen molar-refractivity contribution >= 4 is 16.8 Å². The molecule has 0 saturated heterocycles. The Hall–Kier alpha value is -3.87. The number of amides is 1. The normalized spacial score (nSPS) is 13.3. The molecule has 2 aromatic carbocycles. The molecule has 1 saturated carbocycles. The Balaban J connectivity index is 1.68. The molecule has 0 radical (unpaired) electrons. The summed E-state index contributed by atoms with van der Waals surface area (Å²) in [7, 11) is 1.69. The largest absolute Gasteiger partial charge is 0.349 e. The van der Waals surface area contributed by atoms with Crippen LogP contribution in [0.3, 0.4) is 0 Å². The maximum absolute atomic E-state index is 13.6. The van der Waals surface area contributed by atoms with Gasteiger partial charge in [0.15, 0.2) is 0 Å². The third-order valence-electron chi connectivity index (χ3n) is 6.17. The number of fused-ring (bicyclic) bond motifs is 1. The Kier molecular flexibility index (Phi) is 5.04. The van der Waals surface area contributed by atoms with Crippen molar-refractivity contribution in [2.75, 3.05) is 0 Å². The second-order valence-corrected chi connectivity index (χ2v) is 8.66. The number of aromatic nitrogens is 3. The van der Waals surface area contributed by atoms with E-state index in [1.807, 2.05) is 13.0 Å². The molecule has 0 unspecified atom stereocenters. The summed E-state index contributed by atoms with van der Waals surface area (Å²) in [4.78, 5) is 26.1. The molecule has 1 aliphatic carbocycles. The molecule has 1 fully saturated rings. The van der Waals surface area contributed by atoms with Crippen LogP contribution in [0.15, 0.2) is 53.5 Å². The van der Waals surface area contributed by atoms with Gasteiger partial charge in [0, 0.05) is 35.2 Å². The van der Waals surface area contributed by atoms with Gasteiger partial charge in [-0.2, -0.15) is 5.10 Å². The van der Waals surface area contributed by atoms with E-state index in [1.165, 1.54) is 12.1 Å². The van der Waals surface area contributed by atoms with E-state index in [0.717, 1.165) is 23.8 Å². The number of benzene rings is 2. The van der Waals surface area contributed by atoms with E-state index >= 15 is 0 Å². The number of carbonyl (C=O) groups is 1. The molecule has 6 nitrogen and oxygen atoms in total. The highest BCUT2D eigenvalue weighted by Gasteiger charge is 2.24. The number of aryl methyl sites for hydroxylation is 3. The molecule has 166 valence electrons. The van der Waals surface area contributed by atoms with Gasteiger partial charge < -0.3 is 9.88 Å². The highest BCUT2D eigenvalue weighted by atomic mass is 19.1. The lowest BCUT2D eigenvalue weighted by atomic mass is 9.97. The minimum Gasteiger partial charge on any atom is -0.349 e. The van der Waals surface area contributed by atoms with Crippen molar-refractivity contribution in [3.05, 3.63) is 81.5 Å². The molecule has 1 amide bonds. The van der Waals surface area contributed by atoms with Crippen LogP contribution in [0, 0.1) is 19.7 Å². The van der Waals surface area contributed by atoms with Crippen molar-refractivity contribution in [1.29, 1.82) is 0 Å². The van der Waals surface area contributed by atoms with Crippen LogP contribution in [0.2, 0.25) is 0 Å². The molecule has 33 heavy (non-hydrogen) atoms. The Morgan fingerprint density at radius 3 is 2.55 bits per heavy atom. The summed E-state index contributed by atoms with van der Waals surface area (Å²) < 4.78 is 15.2. The molecular formula is C26H23FN4O2. The minimum atomic E-state index is -0.332. The average Bonchev–Trinajstić information content (AvgIpc) is 3.60. The second-order valence-electron chi connectivity index (χ2n) is 8.66. The zero-order valence-corrected chi connectivity index (χ0v) is 18.6. The first kappa shape index (κ1) is 21.0. The zero-order valence-electron chi connectivity index (χ0n) is 18.6. The number of nitrogens with one attached hydrogen (secondary N) is 1. The smallest absolute Gasteiger partial charge is 0.258 e. The molecule has 2 heterocycles. The molecule has 5 rings (SSSR count). The minimum absolute atomic E-state index is 0.128. The third-order valence-corrected chi connectivity index (χ3v) is 6.17. The molecule has 0 spiro atoms. The standard InChI is InChI=1S/C26H23FN4O2/c1-14-4-5-16(25(32)29-19-7-8-19)11-21(14)22-12-17-13-28-30-23(24(17)31(3)26(22)33)20-9-6-18(27)10-15(20)2/h4-6,9-13,19H,7-8H2,1-3H3,(H,29,32). The fraction of sp³-hybridized carbons (Fsp3) is 0.231. The number of rotatable bonds is 4. The number of nitrogens with zero attached hydrogens (tertiary/aromatic N) is 3. The van der Waals surface area contributed by atoms with Crippen LogP contribution in [0.25, 0.3) is 33.3 Å². The van der Waals surface area contributed by atoms with Gasteiger partial charge in [-0.05, 0) is 79.8 Å². The van der Waals surface area contributed by atoms with Crippen LogP contribution in [0.1, 0.15) is 34.3 Å². The SMILES string of the molecule is Cc1ccc(C(=O)NC2CC2)cc1-c1cc2cnnc(-c3ccc(F)cc3C)c2n(C)c1=O. The fourth-order valence-corrected chi connectivity index (χ4v) is 4.17. The molecule has 2 aromatic heterocycles. The van der Waals surface area contributed by atoms with Gasteiger partial charge in [0.05, 0.1) is 11.7 Å². The number of pyridine rings is 1. The van der Waals surface area contributed by atoms with Gasteiger partial charge in [0.25, 0.3) is 11.5 Å². The molecule has 7 heteroatoms. The number of halogens is 1. The third kappa shape index (κ3) is 3.80. The van der Waals surface area contributed by atoms with Crippen molar-refractivity contribution in [3.63, 3.8) is 0 Å². The number of hydrogen-bond acceptors (Lipinski definition) is 4. The summed E-state index contributed by atoms with van der Waals surface area (Å²) in [6.07, 6.45) is 3.62. The van der Waals surface area contributed by atoms with Gasteiger partial charge in [-0.15, -0.1) is 5.10 Å². The summed E-state index contributed by atoms with van der Waals surface area (Å²) in [6, 6.07) is 11.9. The van der Waals surface area contributed by atoms with Crippen molar-refractivity contribution in [3.8, 4) is 22.4 Å². The van der Waals surface area contributed by atoms with E-state index in [0.29, 0.717) is 39.0 Å². The summed E-state index contributed by atoms with van der Waals surface area (Å²) >= 11 is 0. The van der Waals surface area contributed by atoms with Crippen LogP contribution < -0.4 is 10.9 Å². The first-order valence-corrected chi connectivity index (χ1v) is 10.9. The predicted octanol–water partition coefficient (Wildman–Crippen LogP) is 4.31. The highest BCUT2D eigenvalue weighted by Crippen LogP contribution is 2.31. The Labute approximate surface area is 190 Å². The summed E-state index contributed by atoms with van der Waals surface area (Å²) in [6.45, 7) is 3.71. The molecule has 0 atom stereocenters. The predicted molar refractivity (Wildman–Crippen MR) is 126 cm³/mol. The van der Waals surface area contributed by atoms with Crippen LogP contribution >= 0.6 is 0 Å². The van der Waals surface area contributed by atoms with Crippen LogP contribution in [0.5, 0.6) is 0 Å². The lowest BCUT2D eigenvalue weighted by molar-refractivity contribution is 0.0951. The Morgan fingerprint density at radius 2 is 1.82 bits per heavy atom. The maximum atomic E-state index is 13.6. The van der Waals surface area contributed by atoms with Crippen molar-refractivity contribution in [2.45, 2.75) is 32.7 Å². The molecule has 1 N–H and O–H groups in total. The van der Waals surface area contributed by atoms with Crippen LogP contribution in [0.4, 0.5) is 4.39 Å². The second kappa shape index (κ2) is 7.92. The van der Waals surface area contributed by atoms with Crippen LogP contribution in [-0.2, 0) is 7.05 Å². The van der Waals surface area contributed by atoms with E-state index in [2.05, 4.69) is 15.5 Å². The van der Waals surface area contributed by atoms with Gasteiger partial charge in [-0.1, -0.05) is 6.07 Å². The monoisotopic (exact) mass is 442 g/mol. The van der Waals surface area contributed by atoms with E-state index in [9.17, 15) is 14.0 Å². The van der Waals surface area contributed by atoms with E-state index in [1.54, 1.807) is 49.0 Å². The molecule has 0 bridgehead atoms. The van der Waals surface area contributed by atoms with Crippen LogP contribution in [-0.4, -0.2) is 26.7 Å². The lowest BCUT2D eigenvalue weighted by Crippen LogP contribution is -2.25. The van der Waals surface area contributed by atoms with Crippen molar-refractivity contribution < 1.29 is 9.18 Å². The Morgan fingerprint density at radius 1 is 1.03 bits per heavy atom. The first-order valence-electron chi connectivity index (χ1n) is 10.9. The lowest BCUT2D eigenvalue weighted by Gasteiger charge is -2.15. The maximum Gasteiger partial charge on any atom is 0.258 e. The summed E-state index contributed by atoms with van der Waals surface area (Å²) in [5.74, 6) is -0.460. The van der Waals surface area contributed by atoms with Crippen molar-refractivity contribution in [1.82, 2.24) is 20.1 Å².